The molecule has 2 aliphatic heterocycles. The Labute approximate surface area is 168 Å². The van der Waals surface area contributed by atoms with Gasteiger partial charge in [0, 0.05) is 13.0 Å². The minimum Gasteiger partial charge on any atom is -0.322 e. The van der Waals surface area contributed by atoms with Gasteiger partial charge in [-0.05, 0) is 45.7 Å². The number of aromatic nitrogens is 3. The molecule has 0 saturated carbocycles. The molecule has 0 aliphatic carbocycles. The molecule has 1 atom stereocenters. The van der Waals surface area contributed by atoms with Crippen molar-refractivity contribution in [2.24, 2.45) is 0 Å². The lowest BCUT2D eigenvalue weighted by atomic mass is 9.96. The summed E-state index contributed by atoms with van der Waals surface area (Å²) in [4.78, 5) is 27.7. The van der Waals surface area contributed by atoms with Crippen LogP contribution in [-0.2, 0) is 22.6 Å². The molecule has 0 saturated heterocycles. The van der Waals surface area contributed by atoms with E-state index in [1.807, 2.05) is 31.2 Å². The van der Waals surface area contributed by atoms with Crippen molar-refractivity contribution in [3.63, 3.8) is 0 Å². The predicted octanol–water partition coefficient (Wildman–Crippen LogP) is 3.25. The smallest absolute Gasteiger partial charge is 0.250 e. The van der Waals surface area contributed by atoms with Gasteiger partial charge in [-0.15, -0.1) is 10.2 Å². The summed E-state index contributed by atoms with van der Waals surface area (Å²) >= 11 is 1.42. The van der Waals surface area contributed by atoms with Gasteiger partial charge in [0.25, 0.3) is 0 Å². The fourth-order valence-corrected chi connectivity index (χ4v) is 4.72. The first-order valence-corrected chi connectivity index (χ1v) is 10.6. The van der Waals surface area contributed by atoms with Gasteiger partial charge >= 0.3 is 0 Å². The van der Waals surface area contributed by atoms with E-state index in [4.69, 9.17) is 0 Å². The van der Waals surface area contributed by atoms with Crippen LogP contribution in [0, 0.1) is 0 Å². The van der Waals surface area contributed by atoms with Crippen molar-refractivity contribution < 1.29 is 9.59 Å². The molecule has 0 spiro atoms. The quantitative estimate of drug-likeness (QED) is 0.802. The molecule has 0 radical (unpaired) electrons. The second-order valence-corrected chi connectivity index (χ2v) is 9.13. The normalized spacial score (nSPS) is 19.2. The average molecular weight is 400 g/mol. The van der Waals surface area contributed by atoms with Crippen molar-refractivity contribution in [2.45, 2.75) is 68.9 Å². The highest BCUT2D eigenvalue weighted by molar-refractivity contribution is 8.00. The van der Waals surface area contributed by atoms with Gasteiger partial charge in [0.2, 0.25) is 11.8 Å². The third-order valence-corrected chi connectivity index (χ3v) is 6.50. The van der Waals surface area contributed by atoms with Crippen LogP contribution in [0.5, 0.6) is 0 Å². The molecule has 0 bridgehead atoms. The first-order valence-electron chi connectivity index (χ1n) is 9.73. The minimum atomic E-state index is -0.970. The van der Waals surface area contributed by atoms with Crippen LogP contribution >= 0.6 is 11.8 Å². The van der Waals surface area contributed by atoms with Gasteiger partial charge in [0.1, 0.15) is 11.4 Å². The van der Waals surface area contributed by atoms with Crippen LogP contribution in [0.2, 0.25) is 0 Å². The number of rotatable bonds is 3. The summed E-state index contributed by atoms with van der Waals surface area (Å²) in [5, 5.41) is 11.9. The van der Waals surface area contributed by atoms with Crippen LogP contribution in [0.3, 0.4) is 0 Å². The molecule has 28 heavy (non-hydrogen) atoms. The van der Waals surface area contributed by atoms with Crippen LogP contribution in [0.15, 0.2) is 29.4 Å². The number of carbonyl (C=O) groups is 2. The van der Waals surface area contributed by atoms with Gasteiger partial charge in [0.05, 0.1) is 16.6 Å². The van der Waals surface area contributed by atoms with Gasteiger partial charge < -0.3 is 9.88 Å². The van der Waals surface area contributed by atoms with Crippen molar-refractivity contribution >= 4 is 35.0 Å². The van der Waals surface area contributed by atoms with Crippen LogP contribution in [-0.4, -0.2) is 37.4 Å². The van der Waals surface area contributed by atoms with E-state index >= 15 is 0 Å². The third kappa shape index (κ3) is 3.19. The highest BCUT2D eigenvalue weighted by Crippen LogP contribution is 2.38. The topological polar surface area (TPSA) is 80.1 Å². The fourth-order valence-electron chi connectivity index (χ4n) is 3.78. The maximum absolute atomic E-state index is 13.5. The molecule has 3 heterocycles. The highest BCUT2D eigenvalue weighted by atomic mass is 32.2. The van der Waals surface area contributed by atoms with Gasteiger partial charge in [-0.25, -0.2) is 0 Å². The van der Waals surface area contributed by atoms with Crippen LogP contribution in [0.1, 0.15) is 45.9 Å². The summed E-state index contributed by atoms with van der Waals surface area (Å²) in [5.74, 6) is 0.707. The molecule has 0 fully saturated rings. The number of hydrogen-bond donors (Lipinski definition) is 1. The molecule has 1 N–H and O–H groups in total. The van der Waals surface area contributed by atoms with Gasteiger partial charge in [-0.3, -0.25) is 14.5 Å². The number of nitrogens with zero attached hydrogens (tertiary/aromatic N) is 4. The molecule has 7 nitrogen and oxygen atoms in total. The van der Waals surface area contributed by atoms with Crippen molar-refractivity contribution in [3.8, 4) is 0 Å². The Morgan fingerprint density at radius 1 is 1.21 bits per heavy atom. The van der Waals surface area contributed by atoms with E-state index < -0.39 is 10.8 Å². The average Bonchev–Trinajstić information content (AvgIpc) is 2.88. The number of hydrogen-bond acceptors (Lipinski definition) is 5. The molecule has 2 aliphatic rings. The summed E-state index contributed by atoms with van der Waals surface area (Å²) in [5.41, 5.74) is 0.417. The number of aryl methyl sites for hydroxylation is 1. The monoisotopic (exact) mass is 399 g/mol. The Kier molecular flexibility index (Phi) is 4.91. The Morgan fingerprint density at radius 2 is 2.00 bits per heavy atom. The summed E-state index contributed by atoms with van der Waals surface area (Å²) in [7, 11) is 0. The lowest BCUT2D eigenvalue weighted by molar-refractivity contribution is -0.126. The van der Waals surface area contributed by atoms with E-state index in [9.17, 15) is 9.59 Å². The molecular formula is C20H25N5O2S. The Bertz CT molecular complexity index is 923. The van der Waals surface area contributed by atoms with E-state index in [0.29, 0.717) is 5.69 Å². The zero-order chi connectivity index (χ0) is 19.9. The van der Waals surface area contributed by atoms with E-state index in [-0.39, 0.29) is 11.8 Å². The predicted molar refractivity (Wildman–Crippen MR) is 110 cm³/mol. The SMILES string of the molecule is CC(Sc1nnc2n1CCCCC2)C(=O)N1c2ccccc2NC(=O)C1(C)C. The molecule has 4 rings (SSSR count). The molecule has 2 aromatic rings. The van der Waals surface area contributed by atoms with E-state index in [2.05, 4.69) is 20.1 Å². The molecular weight excluding hydrogens is 374 g/mol. The number of fused-ring (bicyclic) bond motifs is 2. The van der Waals surface area contributed by atoms with Crippen LogP contribution in [0.25, 0.3) is 0 Å². The van der Waals surface area contributed by atoms with Gasteiger partial charge in [-0.1, -0.05) is 30.3 Å². The standard InChI is InChI=1S/C20H25N5O2S/c1-13(28-19-23-22-16-11-5-4-8-12-24(16)19)17(26)25-15-10-7-6-9-14(15)21-18(27)20(25,2)3/h6-7,9-10,13H,4-5,8,11-12H2,1-3H3,(H,21,27). The van der Waals surface area contributed by atoms with Crippen molar-refractivity contribution in [3.05, 3.63) is 30.1 Å². The van der Waals surface area contributed by atoms with Crippen LogP contribution < -0.4 is 10.2 Å². The maximum atomic E-state index is 13.5. The number of carbonyl (C=O) groups excluding carboxylic acids is 2. The van der Waals surface area contributed by atoms with Gasteiger partial charge in [0.15, 0.2) is 5.16 Å². The molecule has 1 aromatic heterocycles. The minimum absolute atomic E-state index is 0.108. The first-order chi connectivity index (χ1) is 13.4. The fraction of sp³-hybridized carbons (Fsp3) is 0.500. The third-order valence-electron chi connectivity index (χ3n) is 5.43. The number of para-hydroxylation sites is 2. The Morgan fingerprint density at radius 3 is 2.82 bits per heavy atom. The second kappa shape index (κ2) is 7.24. The Hall–Kier alpha value is -2.35. The zero-order valence-corrected chi connectivity index (χ0v) is 17.3. The van der Waals surface area contributed by atoms with Crippen LogP contribution in [0.4, 0.5) is 11.4 Å². The second-order valence-electron chi connectivity index (χ2n) is 7.83. The number of thioether (sulfide) groups is 1. The summed E-state index contributed by atoms with van der Waals surface area (Å²) < 4.78 is 2.14. The number of nitrogens with one attached hydrogen (secondary N) is 1. The number of amides is 2. The molecule has 8 heteroatoms. The molecule has 1 unspecified atom stereocenters. The van der Waals surface area contributed by atoms with Crippen molar-refractivity contribution in [1.82, 2.24) is 14.8 Å². The maximum Gasteiger partial charge on any atom is 0.250 e. The molecule has 148 valence electrons. The van der Waals surface area contributed by atoms with E-state index in [1.165, 1.54) is 18.2 Å². The van der Waals surface area contributed by atoms with E-state index in [0.717, 1.165) is 42.5 Å². The lowest BCUT2D eigenvalue weighted by Gasteiger charge is -2.43. The number of benzene rings is 1. The Balaban J connectivity index is 1.62. The highest BCUT2D eigenvalue weighted by Gasteiger charge is 2.45. The largest absolute Gasteiger partial charge is 0.322 e. The zero-order valence-electron chi connectivity index (χ0n) is 16.4. The van der Waals surface area contributed by atoms with Gasteiger partial charge in [-0.2, -0.15) is 0 Å². The molecule has 1 aromatic carbocycles. The summed E-state index contributed by atoms with van der Waals surface area (Å²) in [6.45, 7) is 6.32. The van der Waals surface area contributed by atoms with Crippen molar-refractivity contribution in [1.29, 1.82) is 0 Å². The summed E-state index contributed by atoms with van der Waals surface area (Å²) in [6.07, 6.45) is 4.36. The molecule has 2 amide bonds. The number of anilines is 2. The summed E-state index contributed by atoms with van der Waals surface area (Å²) in [6, 6.07) is 7.42. The van der Waals surface area contributed by atoms with E-state index in [1.54, 1.807) is 18.7 Å². The van der Waals surface area contributed by atoms with Crippen molar-refractivity contribution in [2.75, 3.05) is 10.2 Å². The first kappa shape index (κ1) is 19.0. The lowest BCUT2D eigenvalue weighted by Crippen LogP contribution is -2.60.